The van der Waals surface area contributed by atoms with Crippen LogP contribution in [0.4, 0.5) is 0 Å². The minimum Gasteiger partial charge on any atom is -0.462 e. The number of hydrogen-bond acceptors (Lipinski definition) is 4. The van der Waals surface area contributed by atoms with Crippen LogP contribution in [0.15, 0.2) is 24.3 Å². The van der Waals surface area contributed by atoms with Crippen LogP contribution in [0.5, 0.6) is 0 Å². The highest BCUT2D eigenvalue weighted by Crippen LogP contribution is 2.39. The number of carbonyl (C=O) groups excluding carboxylic acids is 1. The average Bonchev–Trinajstić information content (AvgIpc) is 2.84. The summed E-state index contributed by atoms with van der Waals surface area (Å²) in [5.41, 5.74) is -0.852. The Kier molecular flexibility index (Phi) is 7.70. The smallest absolute Gasteiger partial charge is 0.306 e. The second-order valence-corrected chi connectivity index (χ2v) is 7.85. The first-order chi connectivity index (χ1) is 11.9. The molecule has 4 nitrogen and oxygen atoms in total. The van der Waals surface area contributed by atoms with Gasteiger partial charge in [0.25, 0.3) is 0 Å². The van der Waals surface area contributed by atoms with Crippen molar-refractivity contribution in [2.24, 2.45) is 11.8 Å². The van der Waals surface area contributed by atoms with E-state index in [4.69, 9.17) is 4.74 Å². The summed E-state index contributed by atoms with van der Waals surface area (Å²) in [4.78, 5) is 11.9. The summed E-state index contributed by atoms with van der Waals surface area (Å²) < 4.78 is 5.63. The summed E-state index contributed by atoms with van der Waals surface area (Å²) in [5.74, 6) is -0.163. The second-order valence-electron chi connectivity index (χ2n) is 7.85. The number of unbranched alkanes of at least 4 members (excludes halogenated alkanes) is 2. The lowest BCUT2D eigenvalue weighted by molar-refractivity contribution is -0.151. The van der Waals surface area contributed by atoms with Crippen molar-refractivity contribution in [3.8, 4) is 0 Å². The predicted octanol–water partition coefficient (Wildman–Crippen LogP) is 3.91. The second kappa shape index (κ2) is 9.54. The van der Waals surface area contributed by atoms with E-state index >= 15 is 0 Å². The first-order valence-corrected chi connectivity index (χ1v) is 9.87. The molecule has 2 aliphatic rings. The Hall–Kier alpha value is -1.13. The van der Waals surface area contributed by atoms with Crippen molar-refractivity contribution in [1.29, 1.82) is 0 Å². The van der Waals surface area contributed by atoms with Crippen LogP contribution in [0, 0.1) is 11.8 Å². The molecule has 0 amide bonds. The molecule has 2 N–H and O–H groups in total. The number of aliphatic hydroxyl groups is 2. The summed E-state index contributed by atoms with van der Waals surface area (Å²) in [7, 11) is 0. The molecule has 0 aromatic rings. The topological polar surface area (TPSA) is 66.8 Å². The molecule has 2 rings (SSSR count). The number of carbonyl (C=O) groups is 1. The molecule has 1 aliphatic heterocycles. The predicted molar refractivity (Wildman–Crippen MR) is 99.0 cm³/mol. The Morgan fingerprint density at radius 3 is 2.92 bits per heavy atom. The van der Waals surface area contributed by atoms with Crippen LogP contribution in [0.3, 0.4) is 0 Å². The van der Waals surface area contributed by atoms with E-state index < -0.39 is 11.7 Å². The van der Waals surface area contributed by atoms with E-state index in [1.807, 2.05) is 19.1 Å². The molecule has 0 unspecified atom stereocenters. The molecule has 0 spiro atoms. The molecule has 0 saturated heterocycles. The molecular weight excluding hydrogens is 316 g/mol. The van der Waals surface area contributed by atoms with Gasteiger partial charge in [0.2, 0.25) is 0 Å². The van der Waals surface area contributed by atoms with Gasteiger partial charge in [-0.3, -0.25) is 4.79 Å². The Morgan fingerprint density at radius 2 is 2.16 bits per heavy atom. The summed E-state index contributed by atoms with van der Waals surface area (Å²) >= 11 is 0. The van der Waals surface area contributed by atoms with Gasteiger partial charge < -0.3 is 14.9 Å². The standard InChI is InChI=1S/C21H34O4/c1-3-4-9-13-21(2,24)14-12-16-17-10-7-5-6-8-11-20(23)25-19(17)15-18(16)22/h5,7,12,14,16-19,22,24H,3-4,6,8-11,13,15H2,1-2H3/b7-5+,14-12+/t16-,17-,18-,19+,21+/m1/s1. The third-order valence-corrected chi connectivity index (χ3v) is 5.46. The normalized spacial score (nSPS) is 34.3. The van der Waals surface area contributed by atoms with Crippen molar-refractivity contribution >= 4 is 5.97 Å². The number of allylic oxidation sites excluding steroid dienone is 2. The van der Waals surface area contributed by atoms with Gasteiger partial charge in [0, 0.05) is 24.7 Å². The van der Waals surface area contributed by atoms with Crippen LogP contribution in [0.25, 0.3) is 0 Å². The van der Waals surface area contributed by atoms with E-state index in [0.29, 0.717) is 12.8 Å². The Morgan fingerprint density at radius 1 is 1.36 bits per heavy atom. The highest BCUT2D eigenvalue weighted by atomic mass is 16.5. The van der Waals surface area contributed by atoms with E-state index in [-0.39, 0.29) is 23.9 Å². The maximum absolute atomic E-state index is 11.9. The zero-order chi connectivity index (χ0) is 18.3. The van der Waals surface area contributed by atoms with Crippen LogP contribution in [0.2, 0.25) is 0 Å². The van der Waals surface area contributed by atoms with Crippen LogP contribution in [0.1, 0.15) is 71.6 Å². The zero-order valence-corrected chi connectivity index (χ0v) is 15.7. The largest absolute Gasteiger partial charge is 0.462 e. The fourth-order valence-electron chi connectivity index (χ4n) is 3.92. The number of fused-ring (bicyclic) bond motifs is 1. The third-order valence-electron chi connectivity index (χ3n) is 5.46. The molecule has 5 atom stereocenters. The molecule has 4 heteroatoms. The van der Waals surface area contributed by atoms with Gasteiger partial charge in [0.1, 0.15) is 6.10 Å². The quantitative estimate of drug-likeness (QED) is 0.433. The number of aliphatic hydroxyl groups excluding tert-OH is 1. The van der Waals surface area contributed by atoms with Crippen LogP contribution in [-0.4, -0.2) is 34.0 Å². The molecule has 25 heavy (non-hydrogen) atoms. The molecule has 1 fully saturated rings. The first kappa shape index (κ1) is 20.2. The molecular formula is C21H34O4. The summed E-state index contributed by atoms with van der Waals surface area (Å²) in [6.45, 7) is 3.97. The van der Waals surface area contributed by atoms with Crippen molar-refractivity contribution in [2.45, 2.75) is 89.4 Å². The van der Waals surface area contributed by atoms with Gasteiger partial charge in [-0.05, 0) is 32.6 Å². The zero-order valence-electron chi connectivity index (χ0n) is 15.7. The van der Waals surface area contributed by atoms with Gasteiger partial charge in [-0.25, -0.2) is 0 Å². The SMILES string of the molecule is CCCCC[C@](C)(O)/C=C/[C@@H]1[C@H]2C/C=C/CCCC(=O)O[C@H]2C[C@H]1O. The van der Waals surface area contributed by atoms with Crippen molar-refractivity contribution in [2.75, 3.05) is 0 Å². The maximum atomic E-state index is 11.9. The van der Waals surface area contributed by atoms with E-state index in [1.165, 1.54) is 0 Å². The van der Waals surface area contributed by atoms with Crippen molar-refractivity contribution in [3.63, 3.8) is 0 Å². The lowest BCUT2D eigenvalue weighted by atomic mass is 9.87. The molecule has 142 valence electrons. The molecule has 1 saturated carbocycles. The highest BCUT2D eigenvalue weighted by molar-refractivity contribution is 5.69. The minimum absolute atomic E-state index is 0.0796. The van der Waals surface area contributed by atoms with Gasteiger partial charge in [0.15, 0.2) is 0 Å². The molecule has 1 aliphatic carbocycles. The highest BCUT2D eigenvalue weighted by Gasteiger charge is 2.43. The van der Waals surface area contributed by atoms with Crippen molar-refractivity contribution in [3.05, 3.63) is 24.3 Å². The van der Waals surface area contributed by atoms with Gasteiger partial charge in [-0.15, -0.1) is 0 Å². The van der Waals surface area contributed by atoms with Gasteiger partial charge in [-0.2, -0.15) is 0 Å². The summed E-state index contributed by atoms with van der Waals surface area (Å²) in [5, 5.41) is 21.0. The number of rotatable bonds is 6. The fraction of sp³-hybridized carbons (Fsp3) is 0.762. The monoisotopic (exact) mass is 350 g/mol. The van der Waals surface area contributed by atoms with E-state index in [2.05, 4.69) is 19.1 Å². The van der Waals surface area contributed by atoms with Crippen LogP contribution >= 0.6 is 0 Å². The maximum Gasteiger partial charge on any atom is 0.306 e. The Balaban J connectivity index is 2.06. The molecule has 0 radical (unpaired) electrons. The van der Waals surface area contributed by atoms with E-state index in [0.717, 1.165) is 44.9 Å². The van der Waals surface area contributed by atoms with Gasteiger partial charge in [-0.1, -0.05) is 50.5 Å². The summed E-state index contributed by atoms with van der Waals surface area (Å²) in [6.07, 6.45) is 14.7. The van der Waals surface area contributed by atoms with E-state index in [9.17, 15) is 15.0 Å². The minimum atomic E-state index is -0.852. The van der Waals surface area contributed by atoms with E-state index in [1.54, 1.807) is 0 Å². The Labute approximate surface area is 152 Å². The average molecular weight is 350 g/mol. The molecule has 0 aromatic heterocycles. The molecule has 0 bridgehead atoms. The molecule has 0 aromatic carbocycles. The number of esters is 1. The van der Waals surface area contributed by atoms with Crippen molar-refractivity contribution < 1.29 is 19.7 Å². The lowest BCUT2D eigenvalue weighted by Gasteiger charge is -2.25. The van der Waals surface area contributed by atoms with Crippen LogP contribution < -0.4 is 0 Å². The Bertz CT molecular complexity index is 480. The van der Waals surface area contributed by atoms with Crippen molar-refractivity contribution in [1.82, 2.24) is 0 Å². The van der Waals surface area contributed by atoms with Crippen LogP contribution in [-0.2, 0) is 9.53 Å². The first-order valence-electron chi connectivity index (χ1n) is 9.87. The lowest BCUT2D eigenvalue weighted by Crippen LogP contribution is -2.26. The van der Waals surface area contributed by atoms with Gasteiger partial charge >= 0.3 is 5.97 Å². The number of hydrogen-bond donors (Lipinski definition) is 2. The van der Waals surface area contributed by atoms with Gasteiger partial charge in [0.05, 0.1) is 11.7 Å². The summed E-state index contributed by atoms with van der Waals surface area (Å²) in [6, 6.07) is 0. The third kappa shape index (κ3) is 6.27. The molecule has 1 heterocycles. The fourth-order valence-corrected chi connectivity index (χ4v) is 3.92. The number of ether oxygens (including phenoxy) is 1.